The summed E-state index contributed by atoms with van der Waals surface area (Å²) >= 11 is 5.04. The molecule has 1 amide bonds. The lowest BCUT2D eigenvalue weighted by Gasteiger charge is -2.34. The third-order valence-corrected chi connectivity index (χ3v) is 7.23. The fraction of sp³-hybridized carbons (Fsp3) is 0.429. The first-order valence-electron chi connectivity index (χ1n) is 11.0. The Hall–Kier alpha value is -2.28. The Kier molecular flexibility index (Phi) is 6.50. The third kappa shape index (κ3) is 4.32. The Morgan fingerprint density at radius 1 is 1.39 bits per heavy atom. The van der Waals surface area contributed by atoms with Gasteiger partial charge in [0.05, 0.1) is 41.9 Å². The van der Waals surface area contributed by atoms with E-state index in [0.717, 1.165) is 42.0 Å². The van der Waals surface area contributed by atoms with Gasteiger partial charge in [-0.15, -0.1) is 28.7 Å². The molecule has 172 valence electrons. The third-order valence-electron chi connectivity index (χ3n) is 6.38. The smallest absolute Gasteiger partial charge is 0.311 e. The summed E-state index contributed by atoms with van der Waals surface area (Å²) in [6.07, 6.45) is 14.1. The van der Waals surface area contributed by atoms with Crippen molar-refractivity contribution in [3.8, 4) is 0 Å². The van der Waals surface area contributed by atoms with Gasteiger partial charge < -0.3 is 14.3 Å². The molecule has 0 saturated heterocycles. The molecular formula is C21H25N7O2P2S. The van der Waals surface area contributed by atoms with Gasteiger partial charge >= 0.3 is 11.8 Å². The minimum atomic E-state index is -0.267. The molecule has 0 aromatic carbocycles. The summed E-state index contributed by atoms with van der Waals surface area (Å²) in [6, 6.07) is -0.267. The van der Waals surface area contributed by atoms with E-state index in [0.29, 0.717) is 25.3 Å². The van der Waals surface area contributed by atoms with Crippen molar-refractivity contribution in [2.75, 3.05) is 6.54 Å². The predicted octanol–water partition coefficient (Wildman–Crippen LogP) is 3.55. The topological polar surface area (TPSA) is 104 Å². The van der Waals surface area contributed by atoms with Gasteiger partial charge in [-0.3, -0.25) is 4.79 Å². The van der Waals surface area contributed by atoms with Crippen LogP contribution in [-0.4, -0.2) is 47.9 Å². The first-order chi connectivity index (χ1) is 16.1. The zero-order chi connectivity index (χ0) is 22.9. The van der Waals surface area contributed by atoms with Gasteiger partial charge in [0.25, 0.3) is 0 Å². The highest BCUT2D eigenvalue weighted by molar-refractivity contribution is 7.47. The molecule has 0 bridgehead atoms. The molecule has 12 heteroatoms. The summed E-state index contributed by atoms with van der Waals surface area (Å²) in [5.41, 5.74) is 3.72. The van der Waals surface area contributed by atoms with Gasteiger partial charge in [-0.2, -0.15) is 0 Å². The molecule has 1 fully saturated rings. The highest BCUT2D eigenvalue weighted by Gasteiger charge is 2.36. The maximum atomic E-state index is 13.4. The molecule has 3 atom stereocenters. The Balaban J connectivity index is 1.41. The number of fused-ring (bicyclic) bond motifs is 1. The maximum Gasteiger partial charge on any atom is 0.311 e. The van der Waals surface area contributed by atoms with Gasteiger partial charge in [-0.05, 0) is 31.4 Å². The number of aromatic amines is 1. The molecule has 2 aromatic rings. The normalized spacial score (nSPS) is 21.8. The van der Waals surface area contributed by atoms with Crippen molar-refractivity contribution in [1.29, 1.82) is 0 Å². The summed E-state index contributed by atoms with van der Waals surface area (Å²) in [5, 5.41) is 10.0. The lowest BCUT2D eigenvalue weighted by Crippen LogP contribution is -2.40. The van der Waals surface area contributed by atoms with Gasteiger partial charge in [0.15, 0.2) is 0 Å². The molecule has 5 rings (SSSR count). The maximum absolute atomic E-state index is 13.4. The van der Waals surface area contributed by atoms with Crippen LogP contribution in [0.3, 0.4) is 0 Å². The van der Waals surface area contributed by atoms with Gasteiger partial charge in [-0.1, -0.05) is 23.0 Å². The SMILES string of the molecule is O=C(c1nnc(C2CCC2)o1)N1CCc2[nH]cnc2[C@@H]1C/C=C1/C=CC=C(C(P)P)N1N=S. The van der Waals surface area contributed by atoms with Crippen LogP contribution in [-0.2, 0) is 18.8 Å². The second-order valence-electron chi connectivity index (χ2n) is 8.34. The second kappa shape index (κ2) is 9.53. The number of nitrogens with zero attached hydrogens (tertiary/aromatic N) is 6. The van der Waals surface area contributed by atoms with Crippen LogP contribution in [0, 0.1) is 0 Å². The molecule has 2 aliphatic heterocycles. The molecule has 4 heterocycles. The molecule has 3 aliphatic rings. The van der Waals surface area contributed by atoms with Crippen LogP contribution in [0.15, 0.2) is 50.9 Å². The number of H-pyrrole nitrogens is 1. The van der Waals surface area contributed by atoms with Crippen LogP contribution < -0.4 is 0 Å². The van der Waals surface area contributed by atoms with E-state index in [1.165, 1.54) is 0 Å². The first kappa shape index (κ1) is 22.5. The fourth-order valence-electron chi connectivity index (χ4n) is 4.37. The first-order valence-corrected chi connectivity index (χ1v) is 12.7. The van der Waals surface area contributed by atoms with Crippen LogP contribution in [0.2, 0.25) is 0 Å². The zero-order valence-electron chi connectivity index (χ0n) is 17.9. The number of imidazole rings is 1. The number of carbonyl (C=O) groups is 1. The van der Waals surface area contributed by atoms with Crippen molar-refractivity contribution in [3.63, 3.8) is 0 Å². The lowest BCUT2D eigenvalue weighted by molar-refractivity contribution is 0.0612. The summed E-state index contributed by atoms with van der Waals surface area (Å²) in [4.78, 5) is 22.9. The fourth-order valence-corrected chi connectivity index (χ4v) is 5.06. The second-order valence-corrected chi connectivity index (χ2v) is 10.7. The van der Waals surface area contributed by atoms with Crippen LogP contribution in [0.1, 0.15) is 65.6 Å². The van der Waals surface area contributed by atoms with Crippen molar-refractivity contribution in [3.05, 3.63) is 65.2 Å². The lowest BCUT2D eigenvalue weighted by atomic mass is 9.85. The zero-order valence-corrected chi connectivity index (χ0v) is 21.1. The van der Waals surface area contributed by atoms with E-state index in [1.54, 1.807) is 16.2 Å². The average Bonchev–Trinajstić information content (AvgIpc) is 3.45. The summed E-state index contributed by atoms with van der Waals surface area (Å²) in [7, 11) is 5.46. The highest BCUT2D eigenvalue weighted by Crippen LogP contribution is 2.37. The molecular weight excluding hydrogens is 476 g/mol. The molecule has 9 nitrogen and oxygen atoms in total. The van der Waals surface area contributed by atoms with Gasteiger partial charge in [0.1, 0.15) is 0 Å². The van der Waals surface area contributed by atoms with Crippen molar-refractivity contribution in [2.45, 2.75) is 49.5 Å². The molecule has 1 N–H and O–H groups in total. The monoisotopic (exact) mass is 501 g/mol. The van der Waals surface area contributed by atoms with E-state index >= 15 is 0 Å². The molecule has 33 heavy (non-hydrogen) atoms. The highest BCUT2D eigenvalue weighted by atomic mass is 32.1. The Morgan fingerprint density at radius 2 is 2.24 bits per heavy atom. The van der Waals surface area contributed by atoms with Gasteiger partial charge in [0.2, 0.25) is 5.89 Å². The molecule has 0 radical (unpaired) electrons. The number of nitrogens with one attached hydrogen (secondary N) is 1. The minimum Gasteiger partial charge on any atom is -0.417 e. The Bertz CT molecular complexity index is 1150. The number of allylic oxidation sites excluding steroid dienone is 4. The van der Waals surface area contributed by atoms with Crippen LogP contribution in [0.25, 0.3) is 0 Å². The molecule has 1 saturated carbocycles. The largest absolute Gasteiger partial charge is 0.417 e. The minimum absolute atomic E-state index is 0.0485. The number of carbonyl (C=O) groups excluding carboxylic acids is 1. The Morgan fingerprint density at radius 3 is 2.97 bits per heavy atom. The molecule has 1 aliphatic carbocycles. The number of hydrogen-bond acceptors (Lipinski definition) is 7. The number of hydrogen-bond donors (Lipinski definition) is 1. The quantitative estimate of drug-likeness (QED) is 0.604. The number of amides is 1. The van der Waals surface area contributed by atoms with E-state index in [4.69, 9.17) is 16.8 Å². The van der Waals surface area contributed by atoms with E-state index in [1.807, 2.05) is 24.3 Å². The van der Waals surface area contributed by atoms with Crippen LogP contribution >= 0.6 is 18.5 Å². The number of aromatic nitrogens is 4. The van der Waals surface area contributed by atoms with Crippen molar-refractivity contribution in [1.82, 2.24) is 30.1 Å². The van der Waals surface area contributed by atoms with Crippen molar-refractivity contribution < 1.29 is 9.21 Å². The van der Waals surface area contributed by atoms with E-state index < -0.39 is 0 Å². The Labute approximate surface area is 201 Å². The van der Waals surface area contributed by atoms with Crippen molar-refractivity contribution in [2.24, 2.45) is 4.47 Å². The molecule has 0 spiro atoms. The average molecular weight is 501 g/mol. The van der Waals surface area contributed by atoms with Crippen molar-refractivity contribution >= 4 is 36.8 Å². The predicted molar refractivity (Wildman–Crippen MR) is 132 cm³/mol. The van der Waals surface area contributed by atoms with Crippen LogP contribution in [0.5, 0.6) is 0 Å². The van der Waals surface area contributed by atoms with Gasteiger partial charge in [-0.25, -0.2) is 9.99 Å². The summed E-state index contributed by atoms with van der Waals surface area (Å²) < 4.78 is 9.80. The summed E-state index contributed by atoms with van der Waals surface area (Å²) in [6.45, 7) is 0.540. The molecule has 2 unspecified atom stereocenters. The van der Waals surface area contributed by atoms with E-state index in [2.05, 4.69) is 43.1 Å². The van der Waals surface area contributed by atoms with E-state index in [-0.39, 0.29) is 29.2 Å². The standard InChI is InChI=1S/C21H25N7O2P2S/c29-20(19-25-24-18(30-19)12-3-1-4-12)27-10-9-14-17(23-11-22-14)15(27)8-7-13-5-2-6-16(21(31)32)28(13)26-33/h2,5-7,11-12,15,21H,1,3-4,8-10,31-32H2,(H,22,23)/b13-7-/t15-/m0/s1. The number of rotatable bonds is 6. The summed E-state index contributed by atoms with van der Waals surface area (Å²) in [5.74, 6) is 0.640. The molecule has 2 aromatic heterocycles. The van der Waals surface area contributed by atoms with Gasteiger partial charge in [0, 0.05) is 30.0 Å². The van der Waals surface area contributed by atoms with Crippen LogP contribution in [0.4, 0.5) is 0 Å². The van der Waals surface area contributed by atoms with E-state index in [9.17, 15) is 4.79 Å².